The maximum absolute atomic E-state index is 14.3. The van der Waals surface area contributed by atoms with Crippen molar-refractivity contribution in [3.63, 3.8) is 0 Å². The van der Waals surface area contributed by atoms with Crippen LogP contribution in [0.4, 0.5) is 4.39 Å². The van der Waals surface area contributed by atoms with Crippen LogP contribution in [-0.2, 0) is 16.1 Å². The number of ether oxygens (including phenoxy) is 4. The number of hydrogen-bond acceptors (Lipinski definition) is 8. The molecular formula is C34H33FN2O6S. The average molecular weight is 617 g/mol. The normalized spacial score (nSPS) is 14.7. The van der Waals surface area contributed by atoms with E-state index in [9.17, 15) is 14.0 Å². The first-order valence-electron chi connectivity index (χ1n) is 14.2. The lowest BCUT2D eigenvalue weighted by atomic mass is 9.95. The first-order valence-corrected chi connectivity index (χ1v) is 15.0. The van der Waals surface area contributed by atoms with Gasteiger partial charge in [-0.25, -0.2) is 14.2 Å². The molecule has 0 radical (unpaired) electrons. The van der Waals surface area contributed by atoms with Gasteiger partial charge < -0.3 is 18.9 Å². The third kappa shape index (κ3) is 6.16. The third-order valence-electron chi connectivity index (χ3n) is 6.94. The monoisotopic (exact) mass is 616 g/mol. The Morgan fingerprint density at radius 2 is 1.80 bits per heavy atom. The van der Waals surface area contributed by atoms with Crippen molar-refractivity contribution < 1.29 is 28.1 Å². The summed E-state index contributed by atoms with van der Waals surface area (Å²) >= 11 is 1.19. The summed E-state index contributed by atoms with van der Waals surface area (Å²) in [6.45, 7) is 7.42. The van der Waals surface area contributed by atoms with E-state index in [4.69, 9.17) is 18.9 Å². The van der Waals surface area contributed by atoms with Crippen molar-refractivity contribution in [3.8, 4) is 17.2 Å². The Morgan fingerprint density at radius 1 is 1.07 bits per heavy atom. The molecular weight excluding hydrogens is 583 g/mol. The molecule has 3 aromatic carbocycles. The molecule has 1 atom stereocenters. The fourth-order valence-electron chi connectivity index (χ4n) is 5.02. The number of benzene rings is 3. The summed E-state index contributed by atoms with van der Waals surface area (Å²) in [5.41, 5.74) is 1.95. The number of hydrogen-bond donors (Lipinski definition) is 0. The van der Waals surface area contributed by atoms with E-state index < -0.39 is 12.0 Å². The zero-order valence-corrected chi connectivity index (χ0v) is 25.9. The number of methoxy groups -OCH3 is 1. The minimum absolute atomic E-state index is 0.0378. The molecule has 1 aliphatic rings. The minimum Gasteiger partial charge on any atom is -0.493 e. The second kappa shape index (κ2) is 13.3. The minimum atomic E-state index is -0.829. The van der Waals surface area contributed by atoms with Gasteiger partial charge in [-0.2, -0.15) is 0 Å². The fourth-order valence-corrected chi connectivity index (χ4v) is 6.06. The first-order chi connectivity index (χ1) is 21.2. The molecule has 0 saturated carbocycles. The molecule has 44 heavy (non-hydrogen) atoms. The van der Waals surface area contributed by atoms with Gasteiger partial charge in [0.15, 0.2) is 16.3 Å². The fraction of sp³-hybridized carbons (Fsp3) is 0.265. The summed E-state index contributed by atoms with van der Waals surface area (Å²) in [6, 6.07) is 18.2. The number of fused-ring (bicyclic) bond motifs is 1. The summed E-state index contributed by atoms with van der Waals surface area (Å²) in [7, 11) is 1.51. The zero-order valence-electron chi connectivity index (χ0n) is 25.1. The summed E-state index contributed by atoms with van der Waals surface area (Å²) < 4.78 is 39.3. The van der Waals surface area contributed by atoms with Crippen molar-refractivity contribution >= 4 is 23.4 Å². The molecule has 0 bridgehead atoms. The number of halogens is 1. The molecule has 5 rings (SSSR count). The summed E-state index contributed by atoms with van der Waals surface area (Å²) in [4.78, 5) is 32.6. The molecule has 0 aliphatic carbocycles. The molecule has 0 saturated heterocycles. The molecule has 1 aliphatic heterocycles. The number of nitrogens with zero attached hydrogens (tertiary/aromatic N) is 2. The summed E-state index contributed by atoms with van der Waals surface area (Å²) in [5, 5.41) is 0. The predicted molar refractivity (Wildman–Crippen MR) is 166 cm³/mol. The second-order valence-corrected chi connectivity index (χ2v) is 11.3. The van der Waals surface area contributed by atoms with E-state index in [1.54, 1.807) is 56.3 Å². The van der Waals surface area contributed by atoms with Crippen LogP contribution in [0.5, 0.6) is 17.2 Å². The van der Waals surface area contributed by atoms with Crippen molar-refractivity contribution in [1.82, 2.24) is 4.57 Å². The molecule has 0 unspecified atom stereocenters. The van der Waals surface area contributed by atoms with Gasteiger partial charge in [-0.3, -0.25) is 9.36 Å². The lowest BCUT2D eigenvalue weighted by molar-refractivity contribution is -0.139. The highest BCUT2D eigenvalue weighted by Gasteiger charge is 2.35. The predicted octanol–water partition coefficient (Wildman–Crippen LogP) is 5.31. The Labute approximate surface area is 258 Å². The number of allylic oxidation sites excluding steroid dienone is 1. The quantitative estimate of drug-likeness (QED) is 0.225. The van der Waals surface area contributed by atoms with Crippen molar-refractivity contribution in [2.45, 2.75) is 46.4 Å². The number of aromatic nitrogens is 1. The molecule has 2 heterocycles. The van der Waals surface area contributed by atoms with Gasteiger partial charge in [0.05, 0.1) is 35.6 Å². The summed E-state index contributed by atoms with van der Waals surface area (Å²) in [6.07, 6.45) is 1.55. The molecule has 1 aromatic heterocycles. The smallest absolute Gasteiger partial charge is 0.338 e. The van der Waals surface area contributed by atoms with E-state index >= 15 is 0 Å². The number of carbonyl (C=O) groups excluding carboxylic acids is 1. The maximum atomic E-state index is 14.3. The first kappa shape index (κ1) is 30.7. The largest absolute Gasteiger partial charge is 0.493 e. The number of carbonyl (C=O) groups is 1. The third-order valence-corrected chi connectivity index (χ3v) is 7.92. The number of thiazole rings is 1. The van der Waals surface area contributed by atoms with E-state index in [2.05, 4.69) is 4.99 Å². The van der Waals surface area contributed by atoms with Crippen molar-refractivity contribution in [3.05, 3.63) is 120 Å². The van der Waals surface area contributed by atoms with Gasteiger partial charge in [0, 0.05) is 16.7 Å². The van der Waals surface area contributed by atoms with Crippen molar-refractivity contribution in [1.29, 1.82) is 0 Å². The van der Waals surface area contributed by atoms with E-state index in [-0.39, 0.29) is 36.3 Å². The summed E-state index contributed by atoms with van der Waals surface area (Å²) in [5.74, 6) is 0.409. The molecule has 4 aromatic rings. The Kier molecular flexibility index (Phi) is 9.29. The van der Waals surface area contributed by atoms with Gasteiger partial charge in [-0.15, -0.1) is 0 Å². The SMILES string of the molecule is CCOC(=O)C1=C(C)N=c2s/c(=C\c3cccc(OC)c3OCc3ccccc3F)c(=O)n2[C@H]1c1ccccc1OC(C)C. The zero-order chi connectivity index (χ0) is 31.4. The highest BCUT2D eigenvalue weighted by Crippen LogP contribution is 2.36. The average Bonchev–Trinajstić information content (AvgIpc) is 3.30. The van der Waals surface area contributed by atoms with E-state index in [0.717, 1.165) is 0 Å². The Hall–Kier alpha value is -4.70. The van der Waals surface area contributed by atoms with Crippen LogP contribution >= 0.6 is 11.3 Å². The molecule has 228 valence electrons. The van der Waals surface area contributed by atoms with Gasteiger partial charge >= 0.3 is 5.97 Å². The molecule has 0 spiro atoms. The number of para-hydroxylation sites is 2. The van der Waals surface area contributed by atoms with Crippen LogP contribution in [0.15, 0.2) is 87.8 Å². The van der Waals surface area contributed by atoms with Gasteiger partial charge in [0.2, 0.25) is 0 Å². The van der Waals surface area contributed by atoms with Gasteiger partial charge in [-0.1, -0.05) is 59.9 Å². The van der Waals surface area contributed by atoms with Crippen LogP contribution in [0.2, 0.25) is 0 Å². The number of rotatable bonds is 10. The molecule has 8 nitrogen and oxygen atoms in total. The van der Waals surface area contributed by atoms with Crippen LogP contribution < -0.4 is 29.1 Å². The van der Waals surface area contributed by atoms with Crippen LogP contribution in [0.3, 0.4) is 0 Å². The Morgan fingerprint density at radius 3 is 2.52 bits per heavy atom. The van der Waals surface area contributed by atoms with Crippen molar-refractivity contribution in [2.75, 3.05) is 13.7 Å². The molecule has 0 amide bonds. The van der Waals surface area contributed by atoms with E-state index in [0.29, 0.717) is 49.0 Å². The molecule has 10 heteroatoms. The van der Waals surface area contributed by atoms with Crippen LogP contribution in [0.1, 0.15) is 50.4 Å². The Bertz CT molecular complexity index is 1910. The highest BCUT2D eigenvalue weighted by molar-refractivity contribution is 7.07. The van der Waals surface area contributed by atoms with E-state index in [1.807, 2.05) is 38.1 Å². The highest BCUT2D eigenvalue weighted by atomic mass is 32.1. The Balaban J connectivity index is 1.67. The van der Waals surface area contributed by atoms with E-state index in [1.165, 1.54) is 29.1 Å². The standard InChI is InChI=1S/C34H33FN2O6S/c1-6-41-33(39)29-21(4)36-34-37(30(29)24-14-8-10-16-26(24)43-20(2)3)32(38)28(44-34)18-22-13-11-17-27(40-5)31(22)42-19-23-12-7-9-15-25(23)35/h7-18,20,30H,6,19H2,1-5H3/b28-18-/t30-/m0/s1. The maximum Gasteiger partial charge on any atom is 0.338 e. The van der Waals surface area contributed by atoms with Crippen molar-refractivity contribution in [2.24, 2.45) is 4.99 Å². The van der Waals surface area contributed by atoms with Gasteiger partial charge in [0.1, 0.15) is 24.2 Å². The topological polar surface area (TPSA) is 88.4 Å². The lowest BCUT2D eigenvalue weighted by Gasteiger charge is -2.26. The number of esters is 1. The van der Waals surface area contributed by atoms with Crippen LogP contribution in [-0.4, -0.2) is 30.4 Å². The second-order valence-electron chi connectivity index (χ2n) is 10.3. The van der Waals surface area contributed by atoms with Gasteiger partial charge in [0.25, 0.3) is 5.56 Å². The molecule has 0 N–H and O–H groups in total. The molecule has 0 fully saturated rings. The van der Waals surface area contributed by atoms with Gasteiger partial charge in [-0.05, 0) is 52.0 Å². The van der Waals surface area contributed by atoms with Crippen LogP contribution in [0, 0.1) is 5.82 Å². The lowest BCUT2D eigenvalue weighted by Crippen LogP contribution is -2.40. The van der Waals surface area contributed by atoms with Crippen LogP contribution in [0.25, 0.3) is 6.08 Å².